The van der Waals surface area contributed by atoms with Crippen LogP contribution in [0.3, 0.4) is 0 Å². The zero-order chi connectivity index (χ0) is 46.1. The summed E-state index contributed by atoms with van der Waals surface area (Å²) in [6.07, 6.45) is 11.0. The lowest BCUT2D eigenvalue weighted by Crippen LogP contribution is -2.31. The number of halogens is 1. The lowest BCUT2D eigenvalue weighted by molar-refractivity contribution is 0.327. The van der Waals surface area contributed by atoms with Gasteiger partial charge >= 0.3 is 7.12 Å². The van der Waals surface area contributed by atoms with Gasteiger partial charge in [-0.3, -0.25) is 18.7 Å². The number of nitrogens with one attached hydrogen (secondary N) is 2. The van der Waals surface area contributed by atoms with Gasteiger partial charge < -0.3 is 30.2 Å². The summed E-state index contributed by atoms with van der Waals surface area (Å²) < 4.78 is 18.0. The van der Waals surface area contributed by atoms with Gasteiger partial charge in [0.25, 0.3) is 0 Å². The van der Waals surface area contributed by atoms with Crippen LogP contribution in [0.5, 0.6) is 11.8 Å². The molecule has 0 saturated heterocycles. The van der Waals surface area contributed by atoms with Gasteiger partial charge in [0, 0.05) is 88.3 Å². The van der Waals surface area contributed by atoms with Crippen LogP contribution < -0.4 is 25.6 Å². The van der Waals surface area contributed by atoms with Crippen molar-refractivity contribution in [3.63, 3.8) is 0 Å². The Labute approximate surface area is 377 Å². The first-order chi connectivity index (χ1) is 30.7. The van der Waals surface area contributed by atoms with Gasteiger partial charge in [0.2, 0.25) is 11.8 Å². The number of fused-ring (bicyclic) bond motifs is 2. The molecule has 0 radical (unpaired) electrons. The van der Waals surface area contributed by atoms with Gasteiger partial charge in [-0.15, -0.1) is 0 Å². The van der Waals surface area contributed by atoms with Gasteiger partial charge in [0.05, 0.1) is 64.7 Å². The minimum Gasteiger partial charge on any atom is -0.478 e. The van der Waals surface area contributed by atoms with E-state index >= 15 is 0 Å². The van der Waals surface area contributed by atoms with E-state index < -0.39 is 7.12 Å². The molecule has 0 aliphatic heterocycles. The van der Waals surface area contributed by atoms with Crippen molar-refractivity contribution in [1.29, 1.82) is 0 Å². The highest BCUT2D eigenvalue weighted by molar-refractivity contribution is 6.59. The van der Waals surface area contributed by atoms with Crippen LogP contribution in [-0.4, -0.2) is 89.4 Å². The molecule has 336 valence electrons. The van der Waals surface area contributed by atoms with Crippen molar-refractivity contribution < 1.29 is 19.5 Å². The summed E-state index contributed by atoms with van der Waals surface area (Å²) >= 11 is 6.16. The van der Waals surface area contributed by atoms with E-state index in [4.69, 9.17) is 41.2 Å². The first-order valence-electron chi connectivity index (χ1n) is 21.0. The molecule has 0 aromatic carbocycles. The molecule has 20 heteroatoms. The molecule has 18 nitrogen and oxygen atoms in total. The van der Waals surface area contributed by atoms with E-state index in [9.17, 15) is 0 Å². The van der Waals surface area contributed by atoms with Crippen LogP contribution in [-0.2, 0) is 41.3 Å². The summed E-state index contributed by atoms with van der Waals surface area (Å²) in [5, 5.41) is 45.1. The van der Waals surface area contributed by atoms with Gasteiger partial charge in [-0.05, 0) is 56.0 Å². The van der Waals surface area contributed by atoms with Crippen LogP contribution in [0.15, 0.2) is 73.6 Å². The summed E-state index contributed by atoms with van der Waals surface area (Å²) in [6.45, 7) is 14.6. The molecule has 4 N–H and O–H groups in total. The Morgan fingerprint density at radius 3 is 1.70 bits per heavy atom. The summed E-state index contributed by atoms with van der Waals surface area (Å²) in [5.74, 6) is 1.44. The molecule has 8 heterocycles. The maximum Gasteiger partial charge on any atom is 0.494 e. The lowest BCUT2D eigenvalue weighted by atomic mass is 9.81. The largest absolute Gasteiger partial charge is 0.494 e. The second-order valence-corrected chi connectivity index (χ2v) is 15.9. The predicted molar refractivity (Wildman–Crippen MR) is 251 cm³/mol. The van der Waals surface area contributed by atoms with Crippen LogP contribution in [0.4, 0.5) is 11.4 Å². The average molecular weight is 891 g/mol. The SMILES string of the molecule is CC(C)c1nn(C)c2nc(Cl)cc(NCc3cnn(C)c3)c12.CCOc1ncccc1-c1cc(NCc2cnn(C)c2)c2c(C(C)C)nn(C)c2n1.CCOc1ncccc1B(O)O. The molecule has 0 aliphatic rings. The highest BCUT2D eigenvalue weighted by Gasteiger charge is 2.21. The predicted octanol–water partition coefficient (Wildman–Crippen LogP) is 6.15. The zero-order valence-electron chi connectivity index (χ0n) is 37.9. The molecule has 0 spiro atoms. The second kappa shape index (κ2) is 21.2. The molecular weight excluding hydrogens is 835 g/mol. The second-order valence-electron chi connectivity index (χ2n) is 15.5. The van der Waals surface area contributed by atoms with E-state index in [0.717, 1.165) is 67.2 Å². The van der Waals surface area contributed by atoms with E-state index in [2.05, 4.69) is 74.6 Å². The Balaban J connectivity index is 0.000000175. The molecule has 8 rings (SSSR count). The normalized spacial score (nSPS) is 11.1. The molecule has 8 aromatic heterocycles. The van der Waals surface area contributed by atoms with Crippen LogP contribution in [0.25, 0.3) is 33.3 Å². The molecule has 0 unspecified atom stereocenters. The molecule has 0 aliphatic carbocycles. The van der Waals surface area contributed by atoms with Crippen molar-refractivity contribution >= 4 is 57.6 Å². The first kappa shape index (κ1) is 46.9. The Bertz CT molecular complexity index is 2800. The fourth-order valence-corrected chi connectivity index (χ4v) is 7.15. The monoisotopic (exact) mass is 890 g/mol. The Morgan fingerprint density at radius 1 is 0.703 bits per heavy atom. The fourth-order valence-electron chi connectivity index (χ4n) is 6.96. The maximum atomic E-state index is 8.87. The average Bonchev–Trinajstić information content (AvgIpc) is 4.05. The molecular formula is C44H56BClN14O4. The standard InChI is InChI=1S/C22H27N7O.C15H19ClN6.C7H10BNO3/c1-6-30-22-16(8-7-9-23-22)17-10-18(24-11-15-12-25-28(4)13-15)19-20(14(2)3)27-29(5)21(19)26-17;1-9(2)14-13-11(17-6-10-7-18-21(3)8-10)5-12(16)19-15(13)22(4)20-14;1-2-12-7-6(8(10)11)4-3-5-9-7/h7-10,12-14H,6,11H2,1-5H3,(H,24,26);5,7-9H,6H2,1-4H3,(H,17,19);3-5,10-11H,2H2,1H3. The summed E-state index contributed by atoms with van der Waals surface area (Å²) in [6, 6.07) is 11.0. The van der Waals surface area contributed by atoms with Crippen molar-refractivity contribution in [1.82, 2.24) is 59.1 Å². The minimum absolute atomic E-state index is 0.273. The molecule has 64 heavy (non-hydrogen) atoms. The Morgan fingerprint density at radius 2 is 1.20 bits per heavy atom. The molecule has 0 bridgehead atoms. The highest BCUT2D eigenvalue weighted by atomic mass is 35.5. The van der Waals surface area contributed by atoms with Crippen molar-refractivity contribution in [3.8, 4) is 23.0 Å². The van der Waals surface area contributed by atoms with E-state index in [1.54, 1.807) is 32.4 Å². The quantitative estimate of drug-likeness (QED) is 0.0715. The number of aromatic nitrogens is 12. The number of hydrogen-bond acceptors (Lipinski definition) is 14. The van der Waals surface area contributed by atoms with Gasteiger partial charge in [-0.1, -0.05) is 45.4 Å². The van der Waals surface area contributed by atoms with Gasteiger partial charge in [-0.2, -0.15) is 20.4 Å². The topological polar surface area (TPSA) is 206 Å². The Kier molecular flexibility index (Phi) is 15.5. The van der Waals surface area contributed by atoms with Gasteiger partial charge in [0.1, 0.15) is 5.15 Å². The number of anilines is 2. The highest BCUT2D eigenvalue weighted by Crippen LogP contribution is 2.36. The molecule has 0 fully saturated rings. The number of aryl methyl sites for hydroxylation is 4. The number of pyridine rings is 4. The fraction of sp³-hybridized carbons (Fsp3) is 0.364. The van der Waals surface area contributed by atoms with Gasteiger partial charge in [0.15, 0.2) is 11.3 Å². The van der Waals surface area contributed by atoms with Crippen molar-refractivity contribution in [2.75, 3.05) is 23.8 Å². The smallest absolute Gasteiger partial charge is 0.478 e. The van der Waals surface area contributed by atoms with Crippen LogP contribution in [0.2, 0.25) is 5.15 Å². The van der Waals surface area contributed by atoms with Crippen molar-refractivity contribution in [2.45, 2.75) is 66.5 Å². The minimum atomic E-state index is -1.53. The van der Waals surface area contributed by atoms with E-state index in [1.165, 1.54) is 6.20 Å². The number of nitrogens with zero attached hydrogens (tertiary/aromatic N) is 12. The third kappa shape index (κ3) is 11.1. The van der Waals surface area contributed by atoms with Crippen LogP contribution in [0, 0.1) is 0 Å². The van der Waals surface area contributed by atoms with E-state index in [-0.39, 0.29) is 11.8 Å². The van der Waals surface area contributed by atoms with E-state index in [0.29, 0.717) is 48.7 Å². The van der Waals surface area contributed by atoms with Crippen molar-refractivity contribution in [3.05, 3.63) is 101 Å². The molecule has 8 aromatic rings. The molecule has 0 amide bonds. The number of ether oxygens (including phenoxy) is 2. The first-order valence-corrected chi connectivity index (χ1v) is 21.4. The molecule has 0 saturated carbocycles. The lowest BCUT2D eigenvalue weighted by Gasteiger charge is -2.13. The summed E-state index contributed by atoms with van der Waals surface area (Å²) in [4.78, 5) is 17.6. The van der Waals surface area contributed by atoms with Crippen molar-refractivity contribution in [2.24, 2.45) is 28.2 Å². The molecule has 0 atom stereocenters. The zero-order valence-corrected chi connectivity index (χ0v) is 38.7. The third-order valence-electron chi connectivity index (χ3n) is 9.87. The number of hydrogen-bond donors (Lipinski definition) is 4. The van der Waals surface area contributed by atoms with E-state index in [1.807, 2.05) is 89.7 Å². The van der Waals surface area contributed by atoms with Gasteiger partial charge in [-0.25, -0.2) is 19.9 Å². The Hall–Kier alpha value is -6.57. The third-order valence-corrected chi connectivity index (χ3v) is 10.1. The maximum absolute atomic E-state index is 8.87. The summed E-state index contributed by atoms with van der Waals surface area (Å²) in [5.41, 5.74) is 9.78. The van der Waals surface area contributed by atoms with Crippen LogP contribution >= 0.6 is 11.6 Å². The summed E-state index contributed by atoms with van der Waals surface area (Å²) in [7, 11) is 6.12. The number of rotatable bonds is 14. The van der Waals surface area contributed by atoms with Crippen LogP contribution in [0.1, 0.15) is 75.9 Å².